The van der Waals surface area contributed by atoms with E-state index < -0.39 is 6.72 Å². The number of unbranched alkanes of at least 4 members (excludes halogenated alkanes) is 2. The van der Waals surface area contributed by atoms with Crippen molar-refractivity contribution in [3.63, 3.8) is 0 Å². The summed E-state index contributed by atoms with van der Waals surface area (Å²) in [6, 6.07) is 0. The van der Waals surface area contributed by atoms with Crippen molar-refractivity contribution in [3.05, 3.63) is 0 Å². The molecule has 0 saturated heterocycles. The lowest BCUT2D eigenvalue weighted by Gasteiger charge is -2.24. The standard InChI is InChI=1S/C11H25O3PS/c1-5-8-9-10-11(4)14-15(16,12-6-2)13-7-3/h11H,5-10H2,1-4H3. The van der Waals surface area contributed by atoms with Gasteiger partial charge in [-0.05, 0) is 39.0 Å². The van der Waals surface area contributed by atoms with E-state index in [4.69, 9.17) is 25.4 Å². The summed E-state index contributed by atoms with van der Waals surface area (Å²) in [7, 11) is 0. The fraction of sp³-hybridized carbons (Fsp3) is 1.00. The molecule has 16 heavy (non-hydrogen) atoms. The quantitative estimate of drug-likeness (QED) is 0.437. The van der Waals surface area contributed by atoms with Gasteiger partial charge in [0.1, 0.15) is 0 Å². The molecule has 3 nitrogen and oxygen atoms in total. The third-order valence-corrected chi connectivity index (χ3v) is 4.76. The molecular formula is C11H25O3PS. The van der Waals surface area contributed by atoms with Gasteiger partial charge in [-0.3, -0.25) is 0 Å². The van der Waals surface area contributed by atoms with E-state index in [9.17, 15) is 0 Å². The molecule has 0 aromatic rings. The first-order valence-corrected chi connectivity index (χ1v) is 8.71. The van der Waals surface area contributed by atoms with Gasteiger partial charge in [0.05, 0.1) is 19.3 Å². The van der Waals surface area contributed by atoms with Crippen molar-refractivity contribution < 1.29 is 13.6 Å². The van der Waals surface area contributed by atoms with Gasteiger partial charge in [0.25, 0.3) is 0 Å². The van der Waals surface area contributed by atoms with E-state index in [0.29, 0.717) is 13.2 Å². The number of rotatable bonds is 10. The van der Waals surface area contributed by atoms with Gasteiger partial charge in [0, 0.05) is 0 Å². The summed E-state index contributed by atoms with van der Waals surface area (Å²) < 4.78 is 16.6. The third-order valence-electron chi connectivity index (χ3n) is 2.10. The van der Waals surface area contributed by atoms with Gasteiger partial charge in [0.2, 0.25) is 0 Å². The van der Waals surface area contributed by atoms with Crippen LogP contribution in [0.5, 0.6) is 0 Å². The van der Waals surface area contributed by atoms with Crippen molar-refractivity contribution in [3.8, 4) is 0 Å². The molecule has 1 unspecified atom stereocenters. The molecule has 0 bridgehead atoms. The Morgan fingerprint density at radius 1 is 1.06 bits per heavy atom. The molecule has 0 fully saturated rings. The van der Waals surface area contributed by atoms with Crippen molar-refractivity contribution >= 4 is 18.5 Å². The van der Waals surface area contributed by atoms with Gasteiger partial charge in [-0.1, -0.05) is 26.2 Å². The summed E-state index contributed by atoms with van der Waals surface area (Å²) in [5.41, 5.74) is 0. The zero-order valence-corrected chi connectivity index (χ0v) is 12.6. The summed E-state index contributed by atoms with van der Waals surface area (Å²) in [5.74, 6) is 0. The van der Waals surface area contributed by atoms with E-state index in [2.05, 4.69) is 6.92 Å². The largest absolute Gasteiger partial charge is 0.327 e. The highest BCUT2D eigenvalue weighted by molar-refractivity contribution is 8.07. The van der Waals surface area contributed by atoms with Crippen LogP contribution in [-0.2, 0) is 25.4 Å². The van der Waals surface area contributed by atoms with Gasteiger partial charge < -0.3 is 13.6 Å². The third kappa shape index (κ3) is 7.75. The van der Waals surface area contributed by atoms with Gasteiger partial charge in [-0.2, -0.15) is 0 Å². The van der Waals surface area contributed by atoms with Crippen LogP contribution in [0.2, 0.25) is 0 Å². The Kier molecular flexibility index (Phi) is 9.87. The fourth-order valence-electron chi connectivity index (χ4n) is 1.37. The average Bonchev–Trinajstić information content (AvgIpc) is 2.18. The van der Waals surface area contributed by atoms with Crippen molar-refractivity contribution in [2.24, 2.45) is 0 Å². The fourth-order valence-corrected chi connectivity index (χ4v) is 3.82. The Morgan fingerprint density at radius 3 is 2.06 bits per heavy atom. The van der Waals surface area contributed by atoms with E-state index in [0.717, 1.165) is 6.42 Å². The van der Waals surface area contributed by atoms with Crippen LogP contribution in [0.4, 0.5) is 0 Å². The number of hydrogen-bond acceptors (Lipinski definition) is 4. The molecule has 0 spiro atoms. The molecule has 1 atom stereocenters. The van der Waals surface area contributed by atoms with Crippen LogP contribution in [0.3, 0.4) is 0 Å². The molecule has 0 aromatic carbocycles. The molecule has 0 amide bonds. The van der Waals surface area contributed by atoms with Crippen LogP contribution < -0.4 is 0 Å². The molecule has 0 aliphatic carbocycles. The molecule has 0 rings (SSSR count). The molecule has 0 N–H and O–H groups in total. The van der Waals surface area contributed by atoms with Gasteiger partial charge in [-0.15, -0.1) is 0 Å². The van der Waals surface area contributed by atoms with Gasteiger partial charge in [0.15, 0.2) is 0 Å². The predicted molar refractivity (Wildman–Crippen MR) is 72.2 cm³/mol. The normalized spacial score (nSPS) is 14.0. The molecule has 0 radical (unpaired) electrons. The van der Waals surface area contributed by atoms with Crippen molar-refractivity contribution in [2.45, 2.75) is 59.5 Å². The SMILES string of the molecule is CCCCCC(C)OP(=S)(OCC)OCC. The summed E-state index contributed by atoms with van der Waals surface area (Å²) >= 11 is 5.30. The monoisotopic (exact) mass is 268 g/mol. The van der Waals surface area contributed by atoms with Crippen molar-refractivity contribution in [1.29, 1.82) is 0 Å². The van der Waals surface area contributed by atoms with Crippen LogP contribution in [-0.4, -0.2) is 19.3 Å². The van der Waals surface area contributed by atoms with E-state index >= 15 is 0 Å². The Labute approximate surface area is 105 Å². The minimum Gasteiger partial charge on any atom is -0.309 e. The molecule has 0 aromatic heterocycles. The maximum absolute atomic E-state index is 5.75. The van der Waals surface area contributed by atoms with Crippen molar-refractivity contribution in [2.75, 3.05) is 13.2 Å². The smallest absolute Gasteiger partial charge is 0.309 e. The summed E-state index contributed by atoms with van der Waals surface area (Å²) in [4.78, 5) is 0. The first-order valence-electron chi connectivity index (χ1n) is 6.15. The van der Waals surface area contributed by atoms with Crippen LogP contribution in [0.25, 0.3) is 0 Å². The molecule has 0 aliphatic rings. The first kappa shape index (κ1) is 16.5. The minimum atomic E-state index is -2.49. The lowest BCUT2D eigenvalue weighted by Crippen LogP contribution is -2.09. The predicted octanol–water partition coefficient (Wildman–Crippen LogP) is 4.27. The summed E-state index contributed by atoms with van der Waals surface area (Å²) in [6.07, 6.45) is 4.77. The molecular weight excluding hydrogens is 243 g/mol. The van der Waals surface area contributed by atoms with E-state index in [1.165, 1.54) is 19.3 Å². The molecule has 98 valence electrons. The minimum absolute atomic E-state index is 0.121. The number of hydrogen-bond donors (Lipinski definition) is 0. The Hall–Kier alpha value is 0.530. The Bertz CT molecular complexity index is 201. The first-order chi connectivity index (χ1) is 7.58. The highest BCUT2D eigenvalue weighted by Crippen LogP contribution is 2.51. The summed E-state index contributed by atoms with van der Waals surface area (Å²) in [6.45, 7) is 6.63. The van der Waals surface area contributed by atoms with Crippen LogP contribution in [0.15, 0.2) is 0 Å². The molecule has 0 aliphatic heterocycles. The van der Waals surface area contributed by atoms with Crippen molar-refractivity contribution in [1.82, 2.24) is 0 Å². The lowest BCUT2D eigenvalue weighted by atomic mass is 10.1. The van der Waals surface area contributed by atoms with Crippen LogP contribution in [0.1, 0.15) is 53.4 Å². The second kappa shape index (κ2) is 9.55. The Balaban J connectivity index is 4.02. The maximum atomic E-state index is 5.75. The zero-order valence-electron chi connectivity index (χ0n) is 10.9. The van der Waals surface area contributed by atoms with E-state index in [1.807, 2.05) is 20.8 Å². The highest BCUT2D eigenvalue weighted by Gasteiger charge is 2.22. The molecule has 0 heterocycles. The summed E-state index contributed by atoms with van der Waals surface area (Å²) in [5, 5.41) is 0. The van der Waals surface area contributed by atoms with Crippen LogP contribution in [0, 0.1) is 0 Å². The second-order valence-electron chi connectivity index (χ2n) is 3.69. The van der Waals surface area contributed by atoms with E-state index in [-0.39, 0.29) is 6.10 Å². The maximum Gasteiger partial charge on any atom is 0.327 e. The topological polar surface area (TPSA) is 27.7 Å². The van der Waals surface area contributed by atoms with E-state index in [1.54, 1.807) is 0 Å². The molecule has 0 saturated carbocycles. The van der Waals surface area contributed by atoms with Gasteiger partial charge >= 0.3 is 6.72 Å². The second-order valence-corrected chi connectivity index (χ2v) is 6.66. The van der Waals surface area contributed by atoms with Crippen LogP contribution >= 0.6 is 6.72 Å². The lowest BCUT2D eigenvalue weighted by molar-refractivity contribution is 0.123. The highest BCUT2D eigenvalue weighted by atomic mass is 32.5. The zero-order chi connectivity index (χ0) is 12.4. The molecule has 5 heteroatoms. The Morgan fingerprint density at radius 2 is 1.62 bits per heavy atom. The van der Waals surface area contributed by atoms with Gasteiger partial charge in [-0.25, -0.2) is 0 Å². The average molecular weight is 268 g/mol.